The van der Waals surface area contributed by atoms with Crippen molar-refractivity contribution in [2.45, 2.75) is 26.1 Å². The topological polar surface area (TPSA) is 82.5 Å². The van der Waals surface area contributed by atoms with Crippen molar-refractivity contribution in [3.05, 3.63) is 48.7 Å². The van der Waals surface area contributed by atoms with Crippen molar-refractivity contribution in [1.82, 2.24) is 14.5 Å². The number of carbonyl (C=O) groups is 2. The highest BCUT2D eigenvalue weighted by Crippen LogP contribution is 2.28. The summed E-state index contributed by atoms with van der Waals surface area (Å²) >= 11 is 0. The Labute approximate surface area is 194 Å². The first-order valence-electron chi connectivity index (χ1n) is 10.9. The maximum atomic E-state index is 13.4. The van der Waals surface area contributed by atoms with Crippen LogP contribution in [-0.4, -0.2) is 64.8 Å². The number of nitrogens with zero attached hydrogens (tertiary/aromatic N) is 4. The molecule has 0 atom stereocenters. The van der Waals surface area contributed by atoms with Crippen LogP contribution in [0.5, 0.6) is 0 Å². The molecule has 3 heterocycles. The average Bonchev–Trinajstić information content (AvgIpc) is 3.16. The minimum Gasteiger partial charge on any atom is -0.380 e. The highest BCUT2D eigenvalue weighted by atomic mass is 19.4. The molecule has 2 aromatic heterocycles. The van der Waals surface area contributed by atoms with Gasteiger partial charge in [-0.3, -0.25) is 4.79 Å². The average molecular weight is 474 g/mol. The molecule has 1 fully saturated rings. The van der Waals surface area contributed by atoms with Crippen LogP contribution in [-0.2, 0) is 4.79 Å². The van der Waals surface area contributed by atoms with Gasteiger partial charge in [0.15, 0.2) is 5.82 Å². The molecule has 1 aromatic carbocycles. The third-order valence-electron chi connectivity index (χ3n) is 5.48. The molecule has 0 spiro atoms. The number of alkyl halides is 3. The van der Waals surface area contributed by atoms with Gasteiger partial charge in [-0.1, -0.05) is 18.2 Å². The zero-order chi connectivity index (χ0) is 24.5. The van der Waals surface area contributed by atoms with Gasteiger partial charge in [-0.15, -0.1) is 0 Å². The van der Waals surface area contributed by atoms with Gasteiger partial charge >= 0.3 is 18.1 Å². The van der Waals surface area contributed by atoms with Crippen LogP contribution in [0.1, 0.15) is 13.8 Å². The number of nitrogens with one attached hydrogen (secondary N) is 2. The Kier molecular flexibility index (Phi) is 6.36. The number of anilines is 3. The number of benzene rings is 1. The quantitative estimate of drug-likeness (QED) is 0.594. The number of hydrogen-bond acceptors (Lipinski definition) is 5. The van der Waals surface area contributed by atoms with E-state index in [2.05, 4.69) is 15.2 Å². The number of fused-ring (bicyclic) bond motifs is 1. The van der Waals surface area contributed by atoms with E-state index in [0.29, 0.717) is 37.1 Å². The number of halogens is 3. The Hall–Kier alpha value is -3.76. The van der Waals surface area contributed by atoms with Crippen LogP contribution < -0.4 is 15.5 Å². The number of rotatable bonds is 4. The summed E-state index contributed by atoms with van der Waals surface area (Å²) in [5.41, 5.74) is 1.31. The molecule has 0 saturated carbocycles. The Balaban J connectivity index is 1.55. The lowest BCUT2D eigenvalue weighted by Gasteiger charge is -2.36. The zero-order valence-corrected chi connectivity index (χ0v) is 18.8. The summed E-state index contributed by atoms with van der Waals surface area (Å²) in [6, 6.07) is 11.6. The molecule has 180 valence electrons. The van der Waals surface area contributed by atoms with E-state index in [1.807, 2.05) is 31.3 Å². The van der Waals surface area contributed by atoms with E-state index < -0.39 is 18.1 Å². The van der Waals surface area contributed by atoms with Gasteiger partial charge in [0.1, 0.15) is 5.82 Å². The molecule has 8 nitrogen and oxygen atoms in total. The summed E-state index contributed by atoms with van der Waals surface area (Å²) < 4.78 is 39.7. The van der Waals surface area contributed by atoms with E-state index in [9.17, 15) is 22.8 Å². The SMILES string of the molecule is CC(C)Nc1cccnc1N1CCN(C(=O)n2c(NC(=O)C(F)(F)F)cc3ccccc32)CC1. The van der Waals surface area contributed by atoms with Gasteiger partial charge in [-0.25, -0.2) is 14.3 Å². The van der Waals surface area contributed by atoms with Crippen molar-refractivity contribution in [3.63, 3.8) is 0 Å². The highest BCUT2D eigenvalue weighted by molar-refractivity contribution is 6.02. The molecule has 0 aliphatic carbocycles. The van der Waals surface area contributed by atoms with Crippen molar-refractivity contribution >= 4 is 40.2 Å². The largest absolute Gasteiger partial charge is 0.471 e. The van der Waals surface area contributed by atoms with E-state index in [1.165, 1.54) is 6.07 Å². The molecule has 0 unspecified atom stereocenters. The molecule has 4 rings (SSSR count). The van der Waals surface area contributed by atoms with Gasteiger partial charge in [0.05, 0.1) is 11.2 Å². The van der Waals surface area contributed by atoms with Crippen LogP contribution in [0.25, 0.3) is 10.9 Å². The number of amides is 2. The van der Waals surface area contributed by atoms with Gasteiger partial charge < -0.3 is 20.4 Å². The minimum atomic E-state index is -5.07. The summed E-state index contributed by atoms with van der Waals surface area (Å²) in [5.74, 6) is -1.56. The number of aromatic nitrogens is 2. The Morgan fingerprint density at radius 1 is 1.03 bits per heavy atom. The van der Waals surface area contributed by atoms with Crippen LogP contribution in [0.4, 0.5) is 35.3 Å². The fourth-order valence-corrected chi connectivity index (χ4v) is 3.96. The smallest absolute Gasteiger partial charge is 0.380 e. The van der Waals surface area contributed by atoms with Gasteiger partial charge in [-0.2, -0.15) is 13.2 Å². The summed E-state index contributed by atoms with van der Waals surface area (Å²) in [4.78, 5) is 33.1. The summed E-state index contributed by atoms with van der Waals surface area (Å²) in [7, 11) is 0. The summed E-state index contributed by atoms with van der Waals surface area (Å²) in [6.45, 7) is 5.75. The van der Waals surface area contributed by atoms with Gasteiger partial charge in [0, 0.05) is 43.8 Å². The first kappa shape index (κ1) is 23.4. The second-order valence-electron chi connectivity index (χ2n) is 8.31. The Morgan fingerprint density at radius 2 is 1.74 bits per heavy atom. The molecule has 2 N–H and O–H groups in total. The number of carbonyl (C=O) groups excluding carboxylic acids is 2. The number of pyridine rings is 1. The molecule has 3 aromatic rings. The predicted octanol–water partition coefficient (Wildman–Crippen LogP) is 4.15. The molecule has 11 heteroatoms. The van der Waals surface area contributed by atoms with Gasteiger partial charge in [0.25, 0.3) is 0 Å². The zero-order valence-electron chi connectivity index (χ0n) is 18.8. The van der Waals surface area contributed by atoms with E-state index in [0.717, 1.165) is 16.1 Å². The Bertz CT molecular complexity index is 1200. The number of para-hydroxylation sites is 1. The number of hydrogen-bond donors (Lipinski definition) is 2. The van der Waals surface area contributed by atoms with Crippen LogP contribution in [0.3, 0.4) is 0 Å². The molecule has 0 radical (unpaired) electrons. The van der Waals surface area contributed by atoms with Gasteiger partial charge in [-0.05, 0) is 38.1 Å². The first-order chi connectivity index (χ1) is 16.1. The second kappa shape index (κ2) is 9.24. The molecule has 1 aliphatic heterocycles. The second-order valence-corrected chi connectivity index (χ2v) is 8.31. The van der Waals surface area contributed by atoms with Crippen LogP contribution in [0.15, 0.2) is 48.7 Å². The van der Waals surface area contributed by atoms with Crippen LogP contribution in [0, 0.1) is 0 Å². The predicted molar refractivity (Wildman–Crippen MR) is 124 cm³/mol. The third kappa shape index (κ3) is 4.78. The molecule has 0 bridgehead atoms. The maximum Gasteiger partial charge on any atom is 0.471 e. The molecule has 34 heavy (non-hydrogen) atoms. The van der Waals surface area contributed by atoms with Crippen molar-refractivity contribution in [1.29, 1.82) is 0 Å². The lowest BCUT2D eigenvalue weighted by atomic mass is 10.2. The van der Waals surface area contributed by atoms with Gasteiger partial charge in [0.2, 0.25) is 0 Å². The normalized spacial score (nSPS) is 14.5. The summed E-state index contributed by atoms with van der Waals surface area (Å²) in [5, 5.41) is 5.75. The van der Waals surface area contributed by atoms with Crippen LogP contribution in [0.2, 0.25) is 0 Å². The van der Waals surface area contributed by atoms with E-state index >= 15 is 0 Å². The van der Waals surface area contributed by atoms with E-state index in [4.69, 9.17) is 0 Å². The minimum absolute atomic E-state index is 0.218. The first-order valence-corrected chi connectivity index (χ1v) is 10.9. The number of piperazine rings is 1. The van der Waals surface area contributed by atoms with Crippen molar-refractivity contribution in [3.8, 4) is 0 Å². The lowest BCUT2D eigenvalue weighted by molar-refractivity contribution is -0.167. The van der Waals surface area contributed by atoms with E-state index in [-0.39, 0.29) is 11.9 Å². The highest BCUT2D eigenvalue weighted by Gasteiger charge is 2.39. The molecular formula is C23H25F3N6O2. The van der Waals surface area contributed by atoms with Crippen molar-refractivity contribution in [2.24, 2.45) is 0 Å². The standard InChI is InChI=1S/C23H25F3N6O2/c1-15(2)28-17-7-5-9-27-20(17)30-10-12-31(13-11-30)22(34)32-18-8-4-3-6-16(18)14-19(32)29-21(33)23(24,25)26/h3-9,14-15,28H,10-13H2,1-2H3,(H,29,33). The maximum absolute atomic E-state index is 13.4. The van der Waals surface area contributed by atoms with Crippen molar-refractivity contribution in [2.75, 3.05) is 41.7 Å². The molecule has 1 saturated heterocycles. The monoisotopic (exact) mass is 474 g/mol. The molecule has 2 amide bonds. The molecular weight excluding hydrogens is 449 g/mol. The lowest BCUT2D eigenvalue weighted by Crippen LogP contribution is -2.50. The molecule has 1 aliphatic rings. The Morgan fingerprint density at radius 3 is 2.41 bits per heavy atom. The fraction of sp³-hybridized carbons (Fsp3) is 0.348. The van der Waals surface area contributed by atoms with Crippen LogP contribution >= 0.6 is 0 Å². The fourth-order valence-electron chi connectivity index (χ4n) is 3.96. The van der Waals surface area contributed by atoms with Crippen molar-refractivity contribution < 1.29 is 22.8 Å². The third-order valence-corrected chi connectivity index (χ3v) is 5.48. The van der Waals surface area contributed by atoms with E-state index in [1.54, 1.807) is 35.4 Å². The summed E-state index contributed by atoms with van der Waals surface area (Å²) in [6.07, 6.45) is -3.36.